The minimum absolute atomic E-state index is 0.147. The number of benzene rings is 3. The van der Waals surface area contributed by atoms with Crippen LogP contribution in [0.1, 0.15) is 38.5 Å². The number of ether oxygens (including phenoxy) is 4. The molecule has 0 atom stereocenters. The number of methoxy groups -OCH3 is 3. The van der Waals surface area contributed by atoms with Gasteiger partial charge in [-0.25, -0.2) is 0 Å². The lowest BCUT2D eigenvalue weighted by atomic mass is 10.0. The first kappa shape index (κ1) is 27.8. The van der Waals surface area contributed by atoms with Gasteiger partial charge in [0.15, 0.2) is 0 Å². The fraction of sp³-hybridized carbons (Fsp3) is 0.312. The van der Waals surface area contributed by atoms with Gasteiger partial charge in [-0.15, -0.1) is 0 Å². The molecule has 0 saturated carbocycles. The summed E-state index contributed by atoms with van der Waals surface area (Å²) in [5.41, 5.74) is 4.69. The van der Waals surface area contributed by atoms with E-state index < -0.39 is 0 Å². The van der Waals surface area contributed by atoms with Gasteiger partial charge < -0.3 is 18.9 Å². The lowest BCUT2D eigenvalue weighted by Gasteiger charge is -2.14. The predicted octanol–water partition coefficient (Wildman–Crippen LogP) is 7.12. The van der Waals surface area contributed by atoms with Crippen molar-refractivity contribution in [3.8, 4) is 45.7 Å². The van der Waals surface area contributed by atoms with Crippen LogP contribution < -0.4 is 14.2 Å². The van der Waals surface area contributed by atoms with Gasteiger partial charge >= 0.3 is 12.0 Å². The number of unbranched alkanes of at least 4 members (excludes halogenated alkanes) is 4. The molecular formula is C32H36N2O5. The zero-order chi connectivity index (χ0) is 27.5. The summed E-state index contributed by atoms with van der Waals surface area (Å²) in [6, 6.07) is 26.6. The zero-order valence-corrected chi connectivity index (χ0v) is 22.9. The Hall–Kier alpha value is -4.26. The molecule has 0 aliphatic rings. The number of nitrogens with zero attached hydrogens (tertiary/aromatic N) is 2. The van der Waals surface area contributed by atoms with Crippen molar-refractivity contribution in [2.75, 3.05) is 27.9 Å². The highest BCUT2D eigenvalue weighted by molar-refractivity contribution is 5.81. The van der Waals surface area contributed by atoms with Crippen molar-refractivity contribution in [3.05, 3.63) is 78.9 Å². The fourth-order valence-electron chi connectivity index (χ4n) is 4.45. The van der Waals surface area contributed by atoms with Crippen molar-refractivity contribution in [1.82, 2.24) is 9.55 Å². The number of imidazole rings is 1. The van der Waals surface area contributed by atoms with E-state index in [4.69, 9.17) is 23.9 Å². The van der Waals surface area contributed by atoms with Crippen LogP contribution >= 0.6 is 0 Å². The molecule has 7 nitrogen and oxygen atoms in total. The molecule has 0 fully saturated rings. The Kier molecular flexibility index (Phi) is 10.0. The summed E-state index contributed by atoms with van der Waals surface area (Å²) in [6.45, 7) is 0.547. The van der Waals surface area contributed by atoms with Gasteiger partial charge in [0.25, 0.3) is 0 Å². The number of rotatable bonds is 14. The zero-order valence-electron chi connectivity index (χ0n) is 22.9. The van der Waals surface area contributed by atoms with Crippen molar-refractivity contribution < 1.29 is 23.7 Å². The van der Waals surface area contributed by atoms with Crippen LogP contribution in [0, 0.1) is 0 Å². The minimum atomic E-state index is -0.147. The molecule has 3 aromatic carbocycles. The fourth-order valence-corrected chi connectivity index (χ4v) is 4.45. The first-order valence-electron chi connectivity index (χ1n) is 13.3. The topological polar surface area (TPSA) is 71.8 Å². The summed E-state index contributed by atoms with van der Waals surface area (Å²) >= 11 is 0. The molecule has 0 radical (unpaired) electrons. The maximum absolute atomic E-state index is 11.3. The molecule has 1 heterocycles. The first-order valence-corrected chi connectivity index (χ1v) is 13.3. The van der Waals surface area contributed by atoms with Crippen LogP contribution in [0.4, 0.5) is 0 Å². The average molecular weight is 529 g/mol. The van der Waals surface area contributed by atoms with Crippen molar-refractivity contribution >= 4 is 5.97 Å². The summed E-state index contributed by atoms with van der Waals surface area (Å²) in [6.07, 6.45) is 5.28. The van der Waals surface area contributed by atoms with E-state index in [0.717, 1.165) is 71.8 Å². The Morgan fingerprint density at radius 2 is 1.31 bits per heavy atom. The number of aromatic nitrogens is 2. The van der Waals surface area contributed by atoms with Crippen molar-refractivity contribution in [3.63, 3.8) is 0 Å². The molecule has 0 spiro atoms. The summed E-state index contributed by atoms with van der Waals surface area (Å²) < 4.78 is 23.9. The van der Waals surface area contributed by atoms with Crippen LogP contribution in [0.5, 0.6) is 17.5 Å². The number of hydrogen-bond donors (Lipinski definition) is 0. The van der Waals surface area contributed by atoms with Gasteiger partial charge in [-0.05, 0) is 73.5 Å². The number of esters is 1. The van der Waals surface area contributed by atoms with Crippen LogP contribution in [0.15, 0.2) is 78.9 Å². The molecule has 204 valence electrons. The number of para-hydroxylation sites is 1. The number of hydrogen-bond acceptors (Lipinski definition) is 6. The molecule has 1 aromatic heterocycles. The Morgan fingerprint density at radius 1 is 0.718 bits per heavy atom. The van der Waals surface area contributed by atoms with Crippen molar-refractivity contribution in [2.45, 2.75) is 38.5 Å². The highest BCUT2D eigenvalue weighted by atomic mass is 16.5. The standard InChI is InChI=1S/C32H36N2O5/c1-36-27-19-15-24(16-20-27)30-31(25-17-21-28(37-2)22-18-25)34(26-12-8-7-9-13-26)32(33-30)39-23-11-6-4-5-10-14-29(35)38-3/h7-9,12-13,15-22H,4-6,10-11,14,23H2,1-3H3. The van der Waals surface area contributed by atoms with E-state index >= 15 is 0 Å². The molecule has 7 heteroatoms. The van der Waals surface area contributed by atoms with Crippen LogP contribution in [0.3, 0.4) is 0 Å². The predicted molar refractivity (Wildman–Crippen MR) is 153 cm³/mol. The normalized spacial score (nSPS) is 10.7. The van der Waals surface area contributed by atoms with E-state index in [1.165, 1.54) is 7.11 Å². The minimum Gasteiger partial charge on any atom is -0.497 e. The van der Waals surface area contributed by atoms with Crippen LogP contribution in [-0.4, -0.2) is 43.5 Å². The molecule has 0 unspecified atom stereocenters. The summed E-state index contributed by atoms with van der Waals surface area (Å²) in [4.78, 5) is 16.3. The van der Waals surface area contributed by atoms with E-state index in [2.05, 4.69) is 16.7 Å². The monoisotopic (exact) mass is 528 g/mol. The molecule has 0 aliphatic heterocycles. The molecule has 0 saturated heterocycles. The summed E-state index contributed by atoms with van der Waals surface area (Å²) in [7, 11) is 4.75. The van der Waals surface area contributed by atoms with Gasteiger partial charge in [0.05, 0.1) is 39.3 Å². The van der Waals surface area contributed by atoms with E-state index in [9.17, 15) is 4.79 Å². The molecule has 0 bridgehead atoms. The third-order valence-electron chi connectivity index (χ3n) is 6.57. The average Bonchev–Trinajstić information content (AvgIpc) is 3.38. The second-order valence-electron chi connectivity index (χ2n) is 9.16. The van der Waals surface area contributed by atoms with Gasteiger partial charge in [-0.2, -0.15) is 4.98 Å². The highest BCUT2D eigenvalue weighted by Gasteiger charge is 2.22. The third-order valence-corrected chi connectivity index (χ3v) is 6.57. The Balaban J connectivity index is 1.63. The molecule has 0 N–H and O–H groups in total. The van der Waals surface area contributed by atoms with E-state index in [0.29, 0.717) is 19.0 Å². The van der Waals surface area contributed by atoms with E-state index in [1.807, 2.05) is 66.7 Å². The van der Waals surface area contributed by atoms with Crippen molar-refractivity contribution in [2.24, 2.45) is 0 Å². The molecule has 4 aromatic rings. The molecule has 4 rings (SSSR count). The maximum atomic E-state index is 11.3. The van der Waals surface area contributed by atoms with Gasteiger partial charge in [-0.1, -0.05) is 37.5 Å². The Morgan fingerprint density at radius 3 is 1.92 bits per heavy atom. The highest BCUT2D eigenvalue weighted by Crippen LogP contribution is 2.39. The number of carbonyl (C=O) groups is 1. The molecule has 0 aliphatic carbocycles. The quantitative estimate of drug-likeness (QED) is 0.128. The molecule has 0 amide bonds. The summed E-state index contributed by atoms with van der Waals surface area (Å²) in [5.74, 6) is 1.43. The lowest BCUT2D eigenvalue weighted by molar-refractivity contribution is -0.140. The smallest absolute Gasteiger partial charge is 0.305 e. The molecule has 39 heavy (non-hydrogen) atoms. The van der Waals surface area contributed by atoms with Gasteiger partial charge in [-0.3, -0.25) is 9.36 Å². The lowest BCUT2D eigenvalue weighted by Crippen LogP contribution is -2.05. The van der Waals surface area contributed by atoms with E-state index in [-0.39, 0.29) is 5.97 Å². The number of carbonyl (C=O) groups excluding carboxylic acids is 1. The van der Waals surface area contributed by atoms with Gasteiger partial charge in [0.1, 0.15) is 17.2 Å². The van der Waals surface area contributed by atoms with Crippen LogP contribution in [-0.2, 0) is 9.53 Å². The maximum Gasteiger partial charge on any atom is 0.305 e. The van der Waals surface area contributed by atoms with Gasteiger partial charge in [0.2, 0.25) is 0 Å². The van der Waals surface area contributed by atoms with E-state index in [1.54, 1.807) is 14.2 Å². The second kappa shape index (κ2) is 14.0. The first-order chi connectivity index (χ1) is 19.1. The Bertz CT molecular complexity index is 1320. The van der Waals surface area contributed by atoms with Crippen molar-refractivity contribution in [1.29, 1.82) is 0 Å². The Labute approximate surface area is 230 Å². The second-order valence-corrected chi connectivity index (χ2v) is 9.16. The van der Waals surface area contributed by atoms with Crippen LogP contribution in [0.2, 0.25) is 0 Å². The molecular weight excluding hydrogens is 492 g/mol. The third kappa shape index (κ3) is 7.19. The van der Waals surface area contributed by atoms with Gasteiger partial charge in [0, 0.05) is 17.5 Å². The SMILES string of the molecule is COC(=O)CCCCCCCOc1nc(-c2ccc(OC)cc2)c(-c2ccc(OC)cc2)n1-c1ccccc1. The summed E-state index contributed by atoms with van der Waals surface area (Å²) in [5, 5.41) is 0. The largest absolute Gasteiger partial charge is 0.497 e. The van der Waals surface area contributed by atoms with Crippen LogP contribution in [0.25, 0.3) is 28.2 Å².